The number of esters is 1. The second kappa shape index (κ2) is 3.63. The van der Waals surface area contributed by atoms with E-state index in [1.54, 1.807) is 0 Å². The van der Waals surface area contributed by atoms with E-state index in [9.17, 15) is 18.0 Å². The molecule has 0 aromatic carbocycles. The van der Waals surface area contributed by atoms with Crippen molar-refractivity contribution >= 4 is 23.3 Å². The standard InChI is InChI=1S/C5H7NO5S/c7-3-11-5(8)4-1-6(2-4)12(9)10/h3-4,12H,1-2H2. The summed E-state index contributed by atoms with van der Waals surface area (Å²) in [6.07, 6.45) is 0. The Morgan fingerprint density at radius 3 is 2.50 bits per heavy atom. The first-order chi connectivity index (χ1) is 5.65. The summed E-state index contributed by atoms with van der Waals surface area (Å²) in [7, 11) is -2.60. The van der Waals surface area contributed by atoms with Crippen LogP contribution in [-0.4, -0.2) is 38.3 Å². The van der Waals surface area contributed by atoms with Crippen LogP contribution in [0.3, 0.4) is 0 Å². The molecule has 12 heavy (non-hydrogen) atoms. The van der Waals surface area contributed by atoms with E-state index in [2.05, 4.69) is 4.74 Å². The summed E-state index contributed by atoms with van der Waals surface area (Å²) in [6, 6.07) is 0. The third-order valence-electron chi connectivity index (χ3n) is 1.59. The molecular weight excluding hydrogens is 186 g/mol. The second-order valence-corrected chi connectivity index (χ2v) is 3.38. The molecule has 0 radical (unpaired) electrons. The fourth-order valence-electron chi connectivity index (χ4n) is 0.881. The van der Waals surface area contributed by atoms with Gasteiger partial charge in [-0.05, 0) is 0 Å². The number of ether oxygens (including phenoxy) is 1. The predicted molar refractivity (Wildman–Crippen MR) is 37.5 cm³/mol. The molecule has 0 saturated carbocycles. The van der Waals surface area contributed by atoms with Crippen LogP contribution in [0.25, 0.3) is 0 Å². The summed E-state index contributed by atoms with van der Waals surface area (Å²) >= 11 is 0. The number of carbonyl (C=O) groups excluding carboxylic acids is 2. The predicted octanol–water partition coefficient (Wildman–Crippen LogP) is -1.86. The average molecular weight is 193 g/mol. The molecule has 0 spiro atoms. The van der Waals surface area contributed by atoms with Gasteiger partial charge in [-0.2, -0.15) is 0 Å². The van der Waals surface area contributed by atoms with Crippen molar-refractivity contribution in [3.05, 3.63) is 0 Å². The van der Waals surface area contributed by atoms with Gasteiger partial charge >= 0.3 is 12.4 Å². The summed E-state index contributed by atoms with van der Waals surface area (Å²) in [6.45, 7) is 0.277. The van der Waals surface area contributed by atoms with Crippen molar-refractivity contribution in [3.63, 3.8) is 0 Å². The lowest BCUT2D eigenvalue weighted by Crippen LogP contribution is -2.49. The molecule has 0 aromatic rings. The van der Waals surface area contributed by atoms with E-state index in [4.69, 9.17) is 0 Å². The summed E-state index contributed by atoms with van der Waals surface area (Å²) in [4.78, 5) is 20.4. The molecule has 0 aliphatic carbocycles. The monoisotopic (exact) mass is 193 g/mol. The molecule has 68 valence electrons. The zero-order valence-electron chi connectivity index (χ0n) is 6.00. The third kappa shape index (κ3) is 1.80. The fraction of sp³-hybridized carbons (Fsp3) is 0.600. The number of carbonyl (C=O) groups is 2. The van der Waals surface area contributed by atoms with E-state index in [0.29, 0.717) is 0 Å². The quantitative estimate of drug-likeness (QED) is 0.246. The van der Waals surface area contributed by atoms with Crippen molar-refractivity contribution in [3.8, 4) is 0 Å². The Hall–Kier alpha value is -0.950. The zero-order chi connectivity index (χ0) is 9.14. The lowest BCUT2D eigenvalue weighted by Gasteiger charge is -2.31. The number of nitrogens with zero attached hydrogens (tertiary/aromatic N) is 1. The van der Waals surface area contributed by atoms with Crippen LogP contribution in [0.4, 0.5) is 0 Å². The Morgan fingerprint density at radius 2 is 2.08 bits per heavy atom. The van der Waals surface area contributed by atoms with Gasteiger partial charge in [0.25, 0.3) is 0 Å². The van der Waals surface area contributed by atoms with Crippen molar-refractivity contribution in [2.24, 2.45) is 5.92 Å². The summed E-state index contributed by atoms with van der Waals surface area (Å²) in [5, 5.41) is 0. The summed E-state index contributed by atoms with van der Waals surface area (Å²) in [5.41, 5.74) is 0. The first-order valence-corrected chi connectivity index (χ1v) is 4.31. The van der Waals surface area contributed by atoms with E-state index in [-0.39, 0.29) is 19.6 Å². The van der Waals surface area contributed by atoms with Gasteiger partial charge < -0.3 is 4.74 Å². The number of rotatable bonds is 3. The van der Waals surface area contributed by atoms with Crippen molar-refractivity contribution in [1.29, 1.82) is 0 Å². The lowest BCUT2D eigenvalue weighted by atomic mass is 10.0. The maximum atomic E-state index is 10.7. The highest BCUT2D eigenvalue weighted by molar-refractivity contribution is 7.69. The minimum Gasteiger partial charge on any atom is -0.395 e. The van der Waals surface area contributed by atoms with E-state index < -0.39 is 22.8 Å². The third-order valence-corrected chi connectivity index (χ3v) is 2.38. The van der Waals surface area contributed by atoms with Crippen molar-refractivity contribution < 1.29 is 22.7 Å². The second-order valence-electron chi connectivity index (χ2n) is 2.34. The van der Waals surface area contributed by atoms with Gasteiger partial charge in [0.15, 0.2) is 0 Å². The molecule has 1 rings (SSSR count). The molecule has 0 unspecified atom stereocenters. The number of hydrogen-bond donors (Lipinski definition) is 1. The van der Waals surface area contributed by atoms with Gasteiger partial charge in [-0.25, -0.2) is 12.7 Å². The van der Waals surface area contributed by atoms with Gasteiger partial charge in [-0.15, -0.1) is 0 Å². The molecule has 1 heterocycles. The average Bonchev–Trinajstić information content (AvgIpc) is 1.82. The van der Waals surface area contributed by atoms with Gasteiger partial charge in [0.2, 0.25) is 10.9 Å². The van der Waals surface area contributed by atoms with Crippen LogP contribution < -0.4 is 0 Å². The maximum Gasteiger partial charge on any atom is 0.319 e. The van der Waals surface area contributed by atoms with Crippen LogP contribution in [0.2, 0.25) is 0 Å². The first kappa shape index (κ1) is 9.14. The molecule has 1 saturated heterocycles. The molecule has 1 fully saturated rings. The van der Waals surface area contributed by atoms with Gasteiger partial charge in [-0.1, -0.05) is 0 Å². The Labute approximate surface area is 70.2 Å². The summed E-state index contributed by atoms with van der Waals surface area (Å²) < 4.78 is 25.6. The van der Waals surface area contributed by atoms with Crippen LogP contribution in [0.15, 0.2) is 0 Å². The van der Waals surface area contributed by atoms with E-state index in [1.807, 2.05) is 0 Å². The Morgan fingerprint density at radius 1 is 1.50 bits per heavy atom. The largest absolute Gasteiger partial charge is 0.395 e. The molecule has 0 atom stereocenters. The van der Waals surface area contributed by atoms with Gasteiger partial charge in [-0.3, -0.25) is 9.59 Å². The highest BCUT2D eigenvalue weighted by Crippen LogP contribution is 2.15. The molecule has 1 aliphatic rings. The number of thiol groups is 1. The normalized spacial score (nSPS) is 18.8. The smallest absolute Gasteiger partial charge is 0.319 e. The topological polar surface area (TPSA) is 80.8 Å². The van der Waals surface area contributed by atoms with Crippen LogP contribution in [0.1, 0.15) is 0 Å². The van der Waals surface area contributed by atoms with Crippen LogP contribution in [-0.2, 0) is 25.2 Å². The fourth-order valence-corrected chi connectivity index (χ4v) is 1.54. The van der Waals surface area contributed by atoms with Crippen LogP contribution >= 0.6 is 0 Å². The molecule has 0 amide bonds. The van der Waals surface area contributed by atoms with Crippen molar-refractivity contribution in [2.45, 2.75) is 0 Å². The van der Waals surface area contributed by atoms with Crippen molar-refractivity contribution in [2.75, 3.05) is 13.1 Å². The van der Waals surface area contributed by atoms with Crippen molar-refractivity contribution in [1.82, 2.24) is 4.31 Å². The van der Waals surface area contributed by atoms with Crippen LogP contribution in [0.5, 0.6) is 0 Å². The summed E-state index contributed by atoms with van der Waals surface area (Å²) in [5.74, 6) is -1.15. The molecular formula is C5H7NO5S. The molecule has 0 N–H and O–H groups in total. The maximum absolute atomic E-state index is 10.7. The highest BCUT2D eigenvalue weighted by Gasteiger charge is 2.35. The minimum absolute atomic E-state index is 0.0439. The minimum atomic E-state index is -2.60. The molecule has 0 bridgehead atoms. The molecule has 6 nitrogen and oxygen atoms in total. The molecule has 0 aromatic heterocycles. The van der Waals surface area contributed by atoms with E-state index in [0.717, 1.165) is 4.31 Å². The Kier molecular flexibility index (Phi) is 2.77. The SMILES string of the molecule is O=COC(=O)C1CN([SH](=O)=O)C1. The Balaban J connectivity index is 2.34. The lowest BCUT2D eigenvalue weighted by molar-refractivity contribution is -0.157. The highest BCUT2D eigenvalue weighted by atomic mass is 32.2. The Bertz CT molecular complexity index is 259. The van der Waals surface area contributed by atoms with Gasteiger partial charge in [0.1, 0.15) is 0 Å². The number of hydrogen-bond acceptors (Lipinski definition) is 5. The van der Waals surface area contributed by atoms with Crippen LogP contribution in [0, 0.1) is 5.92 Å². The molecule has 7 heteroatoms. The molecule has 1 aliphatic heterocycles. The van der Waals surface area contributed by atoms with E-state index in [1.165, 1.54) is 0 Å². The van der Waals surface area contributed by atoms with Gasteiger partial charge in [0.05, 0.1) is 5.92 Å². The zero-order valence-corrected chi connectivity index (χ0v) is 6.90. The van der Waals surface area contributed by atoms with Gasteiger partial charge in [0, 0.05) is 13.1 Å². The van der Waals surface area contributed by atoms with E-state index >= 15 is 0 Å². The first-order valence-electron chi connectivity index (χ1n) is 3.18.